The van der Waals surface area contributed by atoms with Crippen molar-refractivity contribution in [1.82, 2.24) is 4.90 Å². The van der Waals surface area contributed by atoms with E-state index in [1.54, 1.807) is 19.2 Å². The Balaban J connectivity index is 1.85. The van der Waals surface area contributed by atoms with Crippen molar-refractivity contribution in [2.75, 3.05) is 25.9 Å². The van der Waals surface area contributed by atoms with E-state index < -0.39 is 0 Å². The summed E-state index contributed by atoms with van der Waals surface area (Å²) in [4.78, 5) is 14.6. The van der Waals surface area contributed by atoms with Crippen LogP contribution in [0.15, 0.2) is 18.2 Å². The highest BCUT2D eigenvalue weighted by Gasteiger charge is 2.39. The van der Waals surface area contributed by atoms with Gasteiger partial charge >= 0.3 is 0 Å². The van der Waals surface area contributed by atoms with Gasteiger partial charge in [0.15, 0.2) is 0 Å². The van der Waals surface area contributed by atoms with E-state index in [2.05, 4.69) is 0 Å². The second kappa shape index (κ2) is 4.76. The van der Waals surface area contributed by atoms with Crippen molar-refractivity contribution in [3.05, 3.63) is 23.8 Å². The third-order valence-electron chi connectivity index (χ3n) is 4.51. The number of amides is 1. The fourth-order valence-corrected chi connectivity index (χ4v) is 3.51. The van der Waals surface area contributed by atoms with Gasteiger partial charge in [-0.2, -0.15) is 0 Å². The van der Waals surface area contributed by atoms with Crippen LogP contribution in [0.1, 0.15) is 29.6 Å². The summed E-state index contributed by atoms with van der Waals surface area (Å²) >= 11 is 0. The zero-order valence-electron chi connectivity index (χ0n) is 11.3. The van der Waals surface area contributed by atoms with E-state index in [9.17, 15) is 4.79 Å². The van der Waals surface area contributed by atoms with Crippen LogP contribution in [0.5, 0.6) is 5.75 Å². The molecule has 19 heavy (non-hydrogen) atoms. The fraction of sp³-hybridized carbons (Fsp3) is 0.533. The van der Waals surface area contributed by atoms with Crippen molar-refractivity contribution < 1.29 is 9.53 Å². The summed E-state index contributed by atoms with van der Waals surface area (Å²) in [5.41, 5.74) is 6.97. The number of anilines is 1. The second-order valence-corrected chi connectivity index (χ2v) is 5.59. The molecule has 102 valence electrons. The minimum absolute atomic E-state index is 0.0179. The Labute approximate surface area is 113 Å². The third kappa shape index (κ3) is 2.05. The molecule has 3 rings (SSSR count). The zero-order chi connectivity index (χ0) is 13.4. The van der Waals surface area contributed by atoms with Gasteiger partial charge in [0.05, 0.1) is 7.11 Å². The van der Waals surface area contributed by atoms with E-state index in [4.69, 9.17) is 10.5 Å². The number of methoxy groups -OCH3 is 1. The molecule has 1 aromatic carbocycles. The molecule has 2 N–H and O–H groups in total. The standard InChI is InChI=1S/C15H20N2O2/c1-19-13-7-3-6-12(16)14(13)15(18)17-8-10-4-2-5-11(10)9-17/h3,6-7,10-11H,2,4-5,8-9,16H2,1H3. The molecular formula is C15H20N2O2. The van der Waals surface area contributed by atoms with Crippen LogP contribution in [0, 0.1) is 11.8 Å². The fourth-order valence-electron chi connectivity index (χ4n) is 3.51. The smallest absolute Gasteiger partial charge is 0.259 e. The van der Waals surface area contributed by atoms with E-state index in [-0.39, 0.29) is 5.91 Å². The molecule has 0 spiro atoms. The molecule has 1 aliphatic heterocycles. The summed E-state index contributed by atoms with van der Waals surface area (Å²) in [6.45, 7) is 1.75. The average molecular weight is 260 g/mol. The number of hydrogen-bond donors (Lipinski definition) is 1. The maximum atomic E-state index is 12.6. The van der Waals surface area contributed by atoms with Crippen molar-refractivity contribution >= 4 is 11.6 Å². The van der Waals surface area contributed by atoms with E-state index in [1.807, 2.05) is 11.0 Å². The first kappa shape index (κ1) is 12.3. The predicted molar refractivity (Wildman–Crippen MR) is 74.1 cm³/mol. The number of hydrogen-bond acceptors (Lipinski definition) is 3. The summed E-state index contributed by atoms with van der Waals surface area (Å²) < 4.78 is 5.27. The molecule has 1 aromatic rings. The molecule has 4 heteroatoms. The Kier molecular flexibility index (Phi) is 3.09. The molecule has 0 radical (unpaired) electrons. The summed E-state index contributed by atoms with van der Waals surface area (Å²) in [6.07, 6.45) is 3.83. The molecule has 1 saturated heterocycles. The zero-order valence-corrected chi connectivity index (χ0v) is 11.3. The molecule has 2 atom stereocenters. The first-order valence-electron chi connectivity index (χ1n) is 6.92. The molecule has 0 bridgehead atoms. The van der Waals surface area contributed by atoms with Gasteiger partial charge < -0.3 is 15.4 Å². The Morgan fingerprint density at radius 2 is 2.00 bits per heavy atom. The molecule has 4 nitrogen and oxygen atoms in total. The lowest BCUT2D eigenvalue weighted by Crippen LogP contribution is -2.30. The van der Waals surface area contributed by atoms with Gasteiger partial charge in [-0.1, -0.05) is 12.5 Å². The number of likely N-dealkylation sites (tertiary alicyclic amines) is 1. The lowest BCUT2D eigenvalue weighted by atomic mass is 10.0. The summed E-state index contributed by atoms with van der Waals surface area (Å²) in [6, 6.07) is 5.36. The van der Waals surface area contributed by atoms with Gasteiger partial charge in [0, 0.05) is 18.8 Å². The lowest BCUT2D eigenvalue weighted by Gasteiger charge is -2.20. The number of carbonyl (C=O) groups excluding carboxylic acids is 1. The van der Waals surface area contributed by atoms with Crippen LogP contribution in [0.2, 0.25) is 0 Å². The molecule has 0 aromatic heterocycles. The van der Waals surface area contributed by atoms with Crippen molar-refractivity contribution in [3.63, 3.8) is 0 Å². The van der Waals surface area contributed by atoms with E-state index in [1.165, 1.54) is 19.3 Å². The van der Waals surface area contributed by atoms with E-state index >= 15 is 0 Å². The first-order valence-corrected chi connectivity index (χ1v) is 6.92. The predicted octanol–water partition coefficient (Wildman–Crippen LogP) is 2.15. The Hall–Kier alpha value is -1.71. The van der Waals surface area contributed by atoms with Gasteiger partial charge in [-0.3, -0.25) is 4.79 Å². The molecule has 1 heterocycles. The van der Waals surface area contributed by atoms with Crippen molar-refractivity contribution in [2.45, 2.75) is 19.3 Å². The maximum absolute atomic E-state index is 12.6. The number of nitrogens with zero attached hydrogens (tertiary/aromatic N) is 1. The molecule has 1 saturated carbocycles. The first-order chi connectivity index (χ1) is 9.20. The molecule has 1 aliphatic carbocycles. The quantitative estimate of drug-likeness (QED) is 0.829. The summed E-state index contributed by atoms with van der Waals surface area (Å²) in [5, 5.41) is 0. The minimum Gasteiger partial charge on any atom is -0.496 e. The minimum atomic E-state index is 0.0179. The van der Waals surface area contributed by atoms with Gasteiger partial charge in [0.2, 0.25) is 0 Å². The number of nitrogens with two attached hydrogens (primary N) is 1. The highest BCUT2D eigenvalue weighted by Crippen LogP contribution is 2.39. The van der Waals surface area contributed by atoms with Crippen LogP contribution >= 0.6 is 0 Å². The topological polar surface area (TPSA) is 55.6 Å². The van der Waals surface area contributed by atoms with Crippen molar-refractivity contribution in [2.24, 2.45) is 11.8 Å². The van der Waals surface area contributed by atoms with E-state index in [0.717, 1.165) is 13.1 Å². The molecule has 2 aliphatic rings. The maximum Gasteiger partial charge on any atom is 0.259 e. The van der Waals surface area contributed by atoms with Crippen molar-refractivity contribution in [3.8, 4) is 5.75 Å². The number of ether oxygens (including phenoxy) is 1. The van der Waals surface area contributed by atoms with Gasteiger partial charge in [-0.05, 0) is 36.8 Å². The van der Waals surface area contributed by atoms with Crippen LogP contribution in [-0.2, 0) is 0 Å². The van der Waals surface area contributed by atoms with Crippen LogP contribution in [0.25, 0.3) is 0 Å². The van der Waals surface area contributed by atoms with E-state index in [0.29, 0.717) is 28.8 Å². The lowest BCUT2D eigenvalue weighted by molar-refractivity contribution is 0.0778. The summed E-state index contributed by atoms with van der Waals surface area (Å²) in [5.74, 6) is 1.98. The van der Waals surface area contributed by atoms with Crippen LogP contribution in [-0.4, -0.2) is 31.0 Å². The molecule has 2 unspecified atom stereocenters. The van der Waals surface area contributed by atoms with Crippen LogP contribution in [0.4, 0.5) is 5.69 Å². The van der Waals surface area contributed by atoms with Crippen LogP contribution in [0.3, 0.4) is 0 Å². The second-order valence-electron chi connectivity index (χ2n) is 5.59. The Bertz CT molecular complexity index is 489. The SMILES string of the molecule is COc1cccc(N)c1C(=O)N1CC2CCCC2C1. The number of carbonyl (C=O) groups is 1. The molecule has 2 fully saturated rings. The highest BCUT2D eigenvalue weighted by molar-refractivity contribution is 6.02. The normalized spacial score (nSPS) is 25.4. The van der Waals surface area contributed by atoms with Gasteiger partial charge in [-0.15, -0.1) is 0 Å². The third-order valence-corrected chi connectivity index (χ3v) is 4.51. The van der Waals surface area contributed by atoms with Gasteiger partial charge in [0.25, 0.3) is 5.91 Å². The van der Waals surface area contributed by atoms with Gasteiger partial charge in [-0.25, -0.2) is 0 Å². The Morgan fingerprint density at radius 3 is 2.63 bits per heavy atom. The monoisotopic (exact) mass is 260 g/mol. The number of benzene rings is 1. The summed E-state index contributed by atoms with van der Waals surface area (Å²) in [7, 11) is 1.57. The van der Waals surface area contributed by atoms with Gasteiger partial charge in [0.1, 0.15) is 11.3 Å². The van der Waals surface area contributed by atoms with Crippen molar-refractivity contribution in [1.29, 1.82) is 0 Å². The largest absolute Gasteiger partial charge is 0.496 e. The number of nitrogen functional groups attached to an aromatic ring is 1. The highest BCUT2D eigenvalue weighted by atomic mass is 16.5. The molecular weight excluding hydrogens is 240 g/mol. The molecule has 1 amide bonds. The van der Waals surface area contributed by atoms with Crippen LogP contribution < -0.4 is 10.5 Å². The average Bonchev–Trinajstić information content (AvgIpc) is 2.98. The number of rotatable bonds is 2. The number of fused-ring (bicyclic) bond motifs is 1. The Morgan fingerprint density at radius 1 is 1.32 bits per heavy atom.